The molecule has 2 N–H and O–H groups in total. The van der Waals surface area contributed by atoms with Crippen LogP contribution in [0.2, 0.25) is 0 Å². The Hall–Kier alpha value is -8.28. The third kappa shape index (κ3) is 5.42. The number of anilines is 2. The van der Waals surface area contributed by atoms with E-state index in [1.165, 1.54) is 11.1 Å². The zero-order valence-corrected chi connectivity index (χ0v) is 34.2. The second kappa shape index (κ2) is 14.2. The van der Waals surface area contributed by atoms with E-state index in [2.05, 4.69) is 244 Å². The van der Waals surface area contributed by atoms with E-state index in [-0.39, 0.29) is 0 Å². The van der Waals surface area contributed by atoms with Crippen LogP contribution in [0.5, 0.6) is 0 Å². The number of aromatic amines is 1. The quantitative estimate of drug-likeness (QED) is 0.128. The SMILES string of the molecule is C=Cc1c(-c2ccccc2)c2c(c3[nH]c4cc(-c5ccccc5)ccc4n(-c4ccc(-c5ccccc5)cc4C)c13)n1c3c(cccc3n2-c2ccccc2)Nc2ccccc2-1. The van der Waals surface area contributed by atoms with Crippen LogP contribution in [0.4, 0.5) is 11.4 Å². The molecule has 0 atom stereocenters. The van der Waals surface area contributed by atoms with Crippen molar-refractivity contribution in [3.63, 3.8) is 0 Å². The first-order valence-electron chi connectivity index (χ1n) is 21.1. The van der Waals surface area contributed by atoms with Crippen molar-refractivity contribution in [3.05, 3.63) is 218 Å². The molecule has 0 radical (unpaired) electrons. The fourth-order valence-corrected chi connectivity index (χ4v) is 9.76. The van der Waals surface area contributed by atoms with Crippen molar-refractivity contribution in [1.82, 2.24) is 18.7 Å². The van der Waals surface area contributed by atoms with E-state index in [1.807, 2.05) is 0 Å². The Morgan fingerprint density at radius 2 is 1.05 bits per heavy atom. The minimum atomic E-state index is 0.997. The molecule has 0 aliphatic carbocycles. The molecule has 0 saturated carbocycles. The van der Waals surface area contributed by atoms with Gasteiger partial charge in [-0.25, -0.2) is 0 Å². The van der Waals surface area contributed by atoms with E-state index in [1.54, 1.807) is 0 Å². The molecule has 0 bridgehead atoms. The Labute approximate surface area is 359 Å². The highest BCUT2D eigenvalue weighted by molar-refractivity contribution is 6.19. The van der Waals surface area contributed by atoms with Crippen LogP contribution in [0.15, 0.2) is 207 Å². The first-order chi connectivity index (χ1) is 30.7. The molecule has 1 aliphatic rings. The second-order valence-electron chi connectivity index (χ2n) is 16.0. The van der Waals surface area contributed by atoms with Crippen LogP contribution in [-0.4, -0.2) is 18.7 Å². The lowest BCUT2D eigenvalue weighted by Crippen LogP contribution is -2.17. The molecule has 2 aromatic heterocycles. The van der Waals surface area contributed by atoms with Gasteiger partial charge in [0.2, 0.25) is 0 Å². The van der Waals surface area contributed by atoms with Gasteiger partial charge in [0.15, 0.2) is 0 Å². The summed E-state index contributed by atoms with van der Waals surface area (Å²) in [5.41, 5.74) is 22.8. The highest BCUT2D eigenvalue weighted by Crippen LogP contribution is 2.48. The standard InChI is InChI=1S/C57H41N5/c1-3-44-52(40-23-12-6-13-24-40)56-57(62-49-29-17-16-27-45(49)58-46-28-18-30-51(55(46)62)60(56)43-25-14-7-15-26-43)53-54(44)61(48-33-31-41(35-37(48)2)38-19-8-4-9-20-38)50-34-32-42(36-47(50)59-53)39-21-10-5-11-22-39/h3-36,58-59H,1H2,2H3. The Morgan fingerprint density at radius 1 is 0.435 bits per heavy atom. The van der Waals surface area contributed by atoms with Crippen molar-refractivity contribution >= 4 is 61.6 Å². The maximum atomic E-state index is 4.63. The molecule has 9 aromatic carbocycles. The van der Waals surface area contributed by atoms with Gasteiger partial charge in [0.1, 0.15) is 0 Å². The number of rotatable bonds is 6. The summed E-state index contributed by atoms with van der Waals surface area (Å²) in [5, 5.41) is 3.82. The number of aromatic nitrogens is 4. The largest absolute Gasteiger partial charge is 0.352 e. The van der Waals surface area contributed by atoms with Gasteiger partial charge in [0.05, 0.1) is 61.2 Å². The summed E-state index contributed by atoms with van der Waals surface area (Å²) in [6.07, 6.45) is 2.06. The molecule has 5 heteroatoms. The number of para-hydroxylation sites is 4. The van der Waals surface area contributed by atoms with Crippen molar-refractivity contribution in [2.24, 2.45) is 0 Å². The van der Waals surface area contributed by atoms with E-state index < -0.39 is 0 Å². The van der Waals surface area contributed by atoms with E-state index in [0.29, 0.717) is 0 Å². The molecule has 0 unspecified atom stereocenters. The van der Waals surface area contributed by atoms with Gasteiger partial charge >= 0.3 is 0 Å². The average molecular weight is 796 g/mol. The number of aryl methyl sites for hydroxylation is 1. The van der Waals surface area contributed by atoms with Crippen LogP contribution in [0, 0.1) is 6.92 Å². The van der Waals surface area contributed by atoms with Crippen LogP contribution in [-0.2, 0) is 0 Å². The maximum Gasteiger partial charge on any atom is 0.0971 e. The summed E-state index contributed by atoms with van der Waals surface area (Å²) >= 11 is 0. The van der Waals surface area contributed by atoms with Gasteiger partial charge in [-0.1, -0.05) is 152 Å². The lowest BCUT2D eigenvalue weighted by Gasteiger charge is -2.32. The highest BCUT2D eigenvalue weighted by Gasteiger charge is 2.29. The molecule has 0 spiro atoms. The van der Waals surface area contributed by atoms with Gasteiger partial charge in [-0.3, -0.25) is 0 Å². The molecule has 1 aliphatic heterocycles. The smallest absolute Gasteiger partial charge is 0.0971 e. The number of hydrogen-bond acceptors (Lipinski definition) is 1. The second-order valence-corrected chi connectivity index (χ2v) is 16.0. The number of benzene rings is 9. The van der Waals surface area contributed by atoms with Gasteiger partial charge in [0, 0.05) is 22.5 Å². The molecule has 62 heavy (non-hydrogen) atoms. The van der Waals surface area contributed by atoms with Gasteiger partial charge in [0.25, 0.3) is 0 Å². The third-order valence-corrected chi connectivity index (χ3v) is 12.5. The Bertz CT molecular complexity index is 3600. The molecule has 5 nitrogen and oxygen atoms in total. The fourth-order valence-electron chi connectivity index (χ4n) is 9.76. The van der Waals surface area contributed by atoms with Crippen LogP contribution >= 0.6 is 0 Å². The molecule has 12 rings (SSSR count). The molecular formula is C57H41N5. The van der Waals surface area contributed by atoms with E-state index >= 15 is 0 Å². The number of nitrogens with zero attached hydrogens (tertiary/aromatic N) is 3. The highest BCUT2D eigenvalue weighted by atomic mass is 15.1. The van der Waals surface area contributed by atoms with Crippen LogP contribution in [0.1, 0.15) is 11.1 Å². The summed E-state index contributed by atoms with van der Waals surface area (Å²) in [7, 11) is 0. The van der Waals surface area contributed by atoms with Crippen LogP contribution in [0.3, 0.4) is 0 Å². The first kappa shape index (κ1) is 35.6. The number of hydrogen-bond donors (Lipinski definition) is 2. The first-order valence-corrected chi connectivity index (χ1v) is 21.1. The number of nitrogens with one attached hydrogen (secondary N) is 2. The Morgan fingerprint density at radius 3 is 1.74 bits per heavy atom. The van der Waals surface area contributed by atoms with E-state index in [9.17, 15) is 0 Å². The molecular weight excluding hydrogens is 755 g/mol. The van der Waals surface area contributed by atoms with Crippen LogP contribution < -0.4 is 5.32 Å². The third-order valence-electron chi connectivity index (χ3n) is 12.5. The lowest BCUT2D eigenvalue weighted by molar-refractivity contribution is 1.07. The number of fused-ring (bicyclic) bond motifs is 7. The zero-order valence-electron chi connectivity index (χ0n) is 34.2. The molecule has 11 aromatic rings. The molecule has 0 saturated heterocycles. The fraction of sp³-hybridized carbons (Fsp3) is 0.0175. The van der Waals surface area contributed by atoms with Crippen molar-refractivity contribution < 1.29 is 0 Å². The van der Waals surface area contributed by atoms with Crippen molar-refractivity contribution in [1.29, 1.82) is 0 Å². The summed E-state index contributed by atoms with van der Waals surface area (Å²) in [6, 6.07) is 71.8. The minimum Gasteiger partial charge on any atom is -0.352 e. The van der Waals surface area contributed by atoms with Gasteiger partial charge in [-0.2, -0.15) is 0 Å². The van der Waals surface area contributed by atoms with Gasteiger partial charge < -0.3 is 24.0 Å². The topological polar surface area (TPSA) is 42.6 Å². The average Bonchev–Trinajstić information content (AvgIpc) is 3.33. The summed E-state index contributed by atoms with van der Waals surface area (Å²) in [4.78, 5) is 4.15. The van der Waals surface area contributed by atoms with Crippen molar-refractivity contribution in [2.75, 3.05) is 5.32 Å². The summed E-state index contributed by atoms with van der Waals surface area (Å²) in [5.74, 6) is 0. The Balaban J connectivity index is 1.37. The molecule has 3 heterocycles. The van der Waals surface area contributed by atoms with E-state index in [4.69, 9.17) is 0 Å². The lowest BCUT2D eigenvalue weighted by atomic mass is 9.93. The van der Waals surface area contributed by atoms with Crippen molar-refractivity contribution in [3.8, 4) is 50.4 Å². The predicted octanol–water partition coefficient (Wildman–Crippen LogP) is 15.1. The summed E-state index contributed by atoms with van der Waals surface area (Å²) in [6.45, 7) is 6.87. The molecule has 0 fully saturated rings. The summed E-state index contributed by atoms with van der Waals surface area (Å²) < 4.78 is 7.43. The van der Waals surface area contributed by atoms with Gasteiger partial charge in [-0.15, -0.1) is 0 Å². The maximum absolute atomic E-state index is 4.63. The normalized spacial score (nSPS) is 11.8. The zero-order chi connectivity index (χ0) is 41.3. The Kier molecular flexibility index (Phi) is 8.15. The number of H-pyrrole nitrogens is 1. The minimum absolute atomic E-state index is 0.997. The van der Waals surface area contributed by atoms with Crippen molar-refractivity contribution in [2.45, 2.75) is 6.92 Å². The molecule has 294 valence electrons. The monoisotopic (exact) mass is 795 g/mol. The van der Waals surface area contributed by atoms with Crippen LogP contribution in [0.25, 0.3) is 101 Å². The van der Waals surface area contributed by atoms with Gasteiger partial charge in [-0.05, 0) is 101 Å². The van der Waals surface area contributed by atoms with E-state index in [0.717, 1.165) is 106 Å². The predicted molar refractivity (Wildman–Crippen MR) is 261 cm³/mol. The molecule has 0 amide bonds.